The van der Waals surface area contributed by atoms with Crippen LogP contribution in [0.25, 0.3) is 11.0 Å². The van der Waals surface area contributed by atoms with Gasteiger partial charge in [0.05, 0.1) is 28.4 Å². The smallest absolute Gasteiger partial charge is 0.291 e. The highest BCUT2D eigenvalue weighted by Crippen LogP contribution is 2.14. The summed E-state index contributed by atoms with van der Waals surface area (Å²) in [5, 5.41) is 18.7. The molecule has 0 aliphatic rings. The van der Waals surface area contributed by atoms with Crippen LogP contribution in [0.3, 0.4) is 0 Å². The second-order valence-electron chi connectivity index (χ2n) is 3.98. The highest BCUT2D eigenvalue weighted by atomic mass is 16.6. The first-order valence-electron chi connectivity index (χ1n) is 6.05. The molecule has 104 valence electrons. The molecule has 0 unspecified atom stereocenters. The Morgan fingerprint density at radius 2 is 2.00 bits per heavy atom. The molecule has 1 N–H and O–H groups in total. The zero-order valence-electron chi connectivity index (χ0n) is 10.9. The lowest BCUT2D eigenvalue weighted by atomic mass is 10.2. The summed E-state index contributed by atoms with van der Waals surface area (Å²) in [5.41, 5.74) is 2.24. The standard InChI is InChI=1S/C7H5N3O2.C7H6N2/c8-4-3-6-7(10(11)12)2-1-5-9-6;1-2-6-7(8-4-1)3-5-9-6/h1-2,5H,3H2;1-5,9H. The summed E-state index contributed by atoms with van der Waals surface area (Å²) in [6.45, 7) is 0. The van der Waals surface area contributed by atoms with Gasteiger partial charge in [-0.05, 0) is 24.3 Å². The van der Waals surface area contributed by atoms with Crippen molar-refractivity contribution >= 4 is 16.7 Å². The molecule has 0 atom stereocenters. The van der Waals surface area contributed by atoms with E-state index in [2.05, 4.69) is 15.0 Å². The Morgan fingerprint density at radius 3 is 2.71 bits per heavy atom. The van der Waals surface area contributed by atoms with E-state index in [1.807, 2.05) is 30.5 Å². The van der Waals surface area contributed by atoms with E-state index in [1.165, 1.54) is 18.3 Å². The molecule has 0 bridgehead atoms. The molecule has 0 amide bonds. The van der Waals surface area contributed by atoms with Gasteiger partial charge in [-0.25, -0.2) is 0 Å². The van der Waals surface area contributed by atoms with Gasteiger partial charge in [-0.3, -0.25) is 20.1 Å². The predicted molar refractivity (Wildman–Crippen MR) is 76.3 cm³/mol. The molecule has 0 fully saturated rings. The zero-order valence-corrected chi connectivity index (χ0v) is 10.9. The van der Waals surface area contributed by atoms with Crippen LogP contribution in [0.2, 0.25) is 0 Å². The number of H-pyrrole nitrogens is 1. The van der Waals surface area contributed by atoms with E-state index in [9.17, 15) is 10.1 Å². The highest BCUT2D eigenvalue weighted by molar-refractivity contribution is 5.73. The molecule has 0 spiro atoms. The van der Waals surface area contributed by atoms with Crippen LogP contribution >= 0.6 is 0 Å². The number of aromatic nitrogens is 3. The fourth-order valence-corrected chi connectivity index (χ4v) is 1.69. The van der Waals surface area contributed by atoms with Crippen LogP contribution in [-0.4, -0.2) is 19.9 Å². The molecule has 0 aromatic carbocycles. The third kappa shape index (κ3) is 3.61. The Balaban J connectivity index is 0.000000159. The second kappa shape index (κ2) is 6.77. The van der Waals surface area contributed by atoms with Gasteiger partial charge in [-0.1, -0.05) is 0 Å². The van der Waals surface area contributed by atoms with Crippen molar-refractivity contribution in [3.8, 4) is 6.07 Å². The van der Waals surface area contributed by atoms with Crippen LogP contribution in [0, 0.1) is 21.4 Å². The van der Waals surface area contributed by atoms with E-state index in [1.54, 1.807) is 6.20 Å². The summed E-state index contributed by atoms with van der Waals surface area (Å²) in [4.78, 5) is 20.7. The van der Waals surface area contributed by atoms with E-state index < -0.39 is 4.92 Å². The van der Waals surface area contributed by atoms with Gasteiger partial charge < -0.3 is 4.98 Å². The predicted octanol–water partition coefficient (Wildman–Crippen LogP) is 2.62. The van der Waals surface area contributed by atoms with Crippen molar-refractivity contribution in [1.29, 1.82) is 5.26 Å². The van der Waals surface area contributed by atoms with Gasteiger partial charge in [0.25, 0.3) is 5.69 Å². The van der Waals surface area contributed by atoms with Crippen molar-refractivity contribution in [2.75, 3.05) is 0 Å². The Kier molecular flexibility index (Phi) is 4.56. The number of pyridine rings is 2. The molecule has 3 aromatic rings. The number of nitrogens with zero attached hydrogens (tertiary/aromatic N) is 4. The van der Waals surface area contributed by atoms with E-state index in [4.69, 9.17) is 5.26 Å². The van der Waals surface area contributed by atoms with E-state index >= 15 is 0 Å². The number of nitriles is 1. The van der Waals surface area contributed by atoms with Crippen molar-refractivity contribution in [3.05, 3.63) is 64.7 Å². The summed E-state index contributed by atoms with van der Waals surface area (Å²) in [6.07, 6.45) is 5.07. The normalized spacial score (nSPS) is 9.48. The molecule has 0 saturated carbocycles. The lowest BCUT2D eigenvalue weighted by molar-refractivity contribution is -0.385. The summed E-state index contributed by atoms with van der Waals surface area (Å²) >= 11 is 0. The third-order valence-electron chi connectivity index (χ3n) is 2.63. The minimum absolute atomic E-state index is 0.0306. The highest BCUT2D eigenvalue weighted by Gasteiger charge is 2.12. The number of rotatable bonds is 2. The number of hydrogen-bond donors (Lipinski definition) is 1. The van der Waals surface area contributed by atoms with Gasteiger partial charge in [0.1, 0.15) is 5.69 Å². The average Bonchev–Trinajstić information content (AvgIpc) is 2.97. The fraction of sp³-hybridized carbons (Fsp3) is 0.0714. The van der Waals surface area contributed by atoms with E-state index in [0.29, 0.717) is 0 Å². The summed E-state index contributed by atoms with van der Waals surface area (Å²) < 4.78 is 0. The molecule has 0 saturated heterocycles. The maximum absolute atomic E-state index is 10.4. The van der Waals surface area contributed by atoms with Crippen LogP contribution in [0.5, 0.6) is 0 Å². The van der Waals surface area contributed by atoms with Crippen LogP contribution in [0.1, 0.15) is 5.69 Å². The molecule has 3 rings (SSSR count). The van der Waals surface area contributed by atoms with Crippen molar-refractivity contribution in [2.45, 2.75) is 6.42 Å². The molecule has 0 radical (unpaired) electrons. The largest absolute Gasteiger partial charge is 0.360 e. The summed E-state index contributed by atoms with van der Waals surface area (Å²) in [7, 11) is 0. The molecule has 0 aliphatic carbocycles. The van der Waals surface area contributed by atoms with Gasteiger partial charge in [-0.2, -0.15) is 5.26 Å². The monoisotopic (exact) mass is 281 g/mol. The number of fused-ring (bicyclic) bond motifs is 1. The first-order valence-corrected chi connectivity index (χ1v) is 6.05. The van der Waals surface area contributed by atoms with Gasteiger partial charge in [0, 0.05) is 24.7 Å². The minimum Gasteiger partial charge on any atom is -0.360 e. The second-order valence-corrected chi connectivity index (χ2v) is 3.98. The first-order chi connectivity index (χ1) is 10.2. The van der Waals surface area contributed by atoms with Crippen LogP contribution in [0.4, 0.5) is 5.69 Å². The SMILES string of the molecule is N#CCc1ncccc1[N+](=O)[O-].c1cnc2cc[nH]c2c1. The fourth-order valence-electron chi connectivity index (χ4n) is 1.69. The van der Waals surface area contributed by atoms with Gasteiger partial charge in [0.2, 0.25) is 0 Å². The molecule has 3 aromatic heterocycles. The molecular weight excluding hydrogens is 270 g/mol. The Morgan fingerprint density at radius 1 is 1.24 bits per heavy atom. The lowest BCUT2D eigenvalue weighted by Crippen LogP contribution is -1.96. The molecule has 21 heavy (non-hydrogen) atoms. The lowest BCUT2D eigenvalue weighted by Gasteiger charge is -1.94. The first kappa shape index (κ1) is 14.1. The van der Waals surface area contributed by atoms with Crippen molar-refractivity contribution in [3.63, 3.8) is 0 Å². The van der Waals surface area contributed by atoms with Crippen LogP contribution in [-0.2, 0) is 6.42 Å². The zero-order chi connectivity index (χ0) is 15.1. The maximum atomic E-state index is 10.4. The molecule has 7 heteroatoms. The Labute approximate surface area is 120 Å². The molecule has 7 nitrogen and oxygen atoms in total. The Bertz CT molecular complexity index is 761. The quantitative estimate of drug-likeness (QED) is 0.573. The minimum atomic E-state index is -0.542. The van der Waals surface area contributed by atoms with Crippen molar-refractivity contribution < 1.29 is 4.92 Å². The van der Waals surface area contributed by atoms with Gasteiger partial charge in [-0.15, -0.1) is 0 Å². The van der Waals surface area contributed by atoms with Crippen molar-refractivity contribution in [2.24, 2.45) is 0 Å². The maximum Gasteiger partial charge on any atom is 0.291 e. The van der Waals surface area contributed by atoms with Crippen LogP contribution < -0.4 is 0 Å². The summed E-state index contributed by atoms with van der Waals surface area (Å²) in [6, 6.07) is 10.5. The van der Waals surface area contributed by atoms with E-state index in [-0.39, 0.29) is 17.8 Å². The van der Waals surface area contributed by atoms with Crippen molar-refractivity contribution in [1.82, 2.24) is 15.0 Å². The average molecular weight is 281 g/mol. The number of nitrogens with one attached hydrogen (secondary N) is 1. The van der Waals surface area contributed by atoms with E-state index in [0.717, 1.165) is 11.0 Å². The third-order valence-corrected chi connectivity index (χ3v) is 2.63. The van der Waals surface area contributed by atoms with Gasteiger partial charge in [0.15, 0.2) is 0 Å². The topological polar surface area (TPSA) is 108 Å². The van der Waals surface area contributed by atoms with Gasteiger partial charge >= 0.3 is 0 Å². The van der Waals surface area contributed by atoms with Crippen LogP contribution in [0.15, 0.2) is 48.9 Å². The molecule has 3 heterocycles. The number of aromatic amines is 1. The molecule has 0 aliphatic heterocycles. The molecular formula is C14H11N5O2. The summed E-state index contributed by atoms with van der Waals surface area (Å²) in [5.74, 6) is 0. The Hall–Kier alpha value is -3.27. The number of nitro groups is 1. The number of hydrogen-bond acceptors (Lipinski definition) is 5.